The van der Waals surface area contributed by atoms with Crippen molar-refractivity contribution in [3.63, 3.8) is 0 Å². The van der Waals surface area contributed by atoms with Gasteiger partial charge < -0.3 is 9.97 Å². The number of alkyl halides is 3. The zero-order chi connectivity index (χ0) is 17.3. The molecule has 0 amide bonds. The number of carbonyl (C=O) groups is 1. The first-order valence-corrected chi connectivity index (χ1v) is 6.95. The van der Waals surface area contributed by atoms with Crippen molar-refractivity contribution < 1.29 is 18.0 Å². The zero-order valence-corrected chi connectivity index (χ0v) is 12.1. The molecule has 1 aromatic heterocycles. The summed E-state index contributed by atoms with van der Waals surface area (Å²) in [6.45, 7) is 0. The van der Waals surface area contributed by atoms with Crippen molar-refractivity contribution in [2.45, 2.75) is 6.18 Å². The number of ketones is 1. The van der Waals surface area contributed by atoms with Crippen LogP contribution in [0.4, 0.5) is 13.2 Å². The molecule has 0 saturated carbocycles. The molecule has 0 saturated heterocycles. The van der Waals surface area contributed by atoms with Gasteiger partial charge in [-0.15, -0.1) is 0 Å². The quantitative estimate of drug-likeness (QED) is 0.566. The third-order valence-corrected chi connectivity index (χ3v) is 3.48. The van der Waals surface area contributed by atoms with E-state index in [0.717, 1.165) is 18.2 Å². The smallest absolute Gasteiger partial charge is 0.306 e. The molecular weight excluding hydrogens is 321 g/mol. The van der Waals surface area contributed by atoms with Crippen molar-refractivity contribution in [1.82, 2.24) is 9.97 Å². The van der Waals surface area contributed by atoms with E-state index in [1.54, 1.807) is 6.07 Å². The zero-order valence-electron chi connectivity index (χ0n) is 12.1. The van der Waals surface area contributed by atoms with E-state index in [2.05, 4.69) is 9.97 Å². The van der Waals surface area contributed by atoms with Gasteiger partial charge in [-0.3, -0.25) is 4.79 Å². The van der Waals surface area contributed by atoms with Crippen LogP contribution in [0.15, 0.2) is 53.3 Å². The maximum absolute atomic E-state index is 12.9. The summed E-state index contributed by atoms with van der Waals surface area (Å²) in [5, 5.41) is 0. The third kappa shape index (κ3) is 3.15. The molecular formula is C17H11F3N2O2. The van der Waals surface area contributed by atoms with Gasteiger partial charge >= 0.3 is 11.9 Å². The average Bonchev–Trinajstić information content (AvgIpc) is 2.91. The molecule has 0 atom stereocenters. The minimum atomic E-state index is -4.49. The monoisotopic (exact) mass is 332 g/mol. The lowest BCUT2D eigenvalue weighted by Crippen LogP contribution is -2.07. The molecule has 0 aliphatic rings. The Balaban J connectivity index is 1.91. The molecule has 0 bridgehead atoms. The maximum Gasteiger partial charge on any atom is 0.416 e. The van der Waals surface area contributed by atoms with E-state index < -0.39 is 23.2 Å². The highest BCUT2D eigenvalue weighted by Crippen LogP contribution is 2.32. The van der Waals surface area contributed by atoms with Crippen molar-refractivity contribution in [3.8, 4) is 0 Å². The van der Waals surface area contributed by atoms with E-state index in [1.165, 1.54) is 30.3 Å². The van der Waals surface area contributed by atoms with Crippen LogP contribution in [0.1, 0.15) is 21.5 Å². The molecule has 0 aliphatic carbocycles. The topological polar surface area (TPSA) is 65.7 Å². The number of allylic oxidation sites excluding steroid dienone is 1. The van der Waals surface area contributed by atoms with Gasteiger partial charge in [0.2, 0.25) is 0 Å². The van der Waals surface area contributed by atoms with Crippen LogP contribution in [0.3, 0.4) is 0 Å². The Labute approximate surface area is 133 Å². The Bertz CT molecular complexity index is 997. The highest BCUT2D eigenvalue weighted by molar-refractivity contribution is 6.08. The van der Waals surface area contributed by atoms with Gasteiger partial charge in [0.1, 0.15) is 0 Å². The number of rotatable bonds is 3. The van der Waals surface area contributed by atoms with Crippen molar-refractivity contribution in [2.24, 2.45) is 0 Å². The molecule has 3 aromatic rings. The van der Waals surface area contributed by atoms with Gasteiger partial charge in [-0.25, -0.2) is 4.79 Å². The van der Waals surface area contributed by atoms with E-state index >= 15 is 0 Å². The van der Waals surface area contributed by atoms with Crippen LogP contribution in [0.5, 0.6) is 0 Å². The van der Waals surface area contributed by atoms with Crippen LogP contribution in [-0.4, -0.2) is 15.8 Å². The standard InChI is InChI=1S/C17H11F3N2O2/c18-17(19,20)12-4-2-1-3-10(12)6-8-15(23)11-5-7-13-14(9-11)22-16(24)21-13/h1-9H,(H2,21,22,24). The Morgan fingerprint density at radius 1 is 1.00 bits per heavy atom. The highest BCUT2D eigenvalue weighted by Gasteiger charge is 2.32. The Morgan fingerprint density at radius 2 is 1.71 bits per heavy atom. The number of nitrogens with one attached hydrogen (secondary N) is 2. The number of aromatic nitrogens is 2. The first kappa shape index (κ1) is 15.8. The lowest BCUT2D eigenvalue weighted by molar-refractivity contribution is -0.137. The molecule has 122 valence electrons. The fraction of sp³-hybridized carbons (Fsp3) is 0.0588. The van der Waals surface area contributed by atoms with E-state index in [4.69, 9.17) is 0 Å². The summed E-state index contributed by atoms with van der Waals surface area (Å²) in [5.41, 5.74) is -0.0328. The molecule has 0 radical (unpaired) electrons. The Hall–Kier alpha value is -3.09. The van der Waals surface area contributed by atoms with Crippen LogP contribution < -0.4 is 5.69 Å². The number of H-pyrrole nitrogens is 2. The molecule has 1 heterocycles. The molecule has 2 N–H and O–H groups in total. The summed E-state index contributed by atoms with van der Waals surface area (Å²) < 4.78 is 38.7. The first-order chi connectivity index (χ1) is 11.3. The fourth-order valence-corrected chi connectivity index (χ4v) is 2.35. The molecule has 3 rings (SSSR count). The number of carbonyl (C=O) groups excluding carboxylic acids is 1. The number of imidazole rings is 1. The molecule has 4 nitrogen and oxygen atoms in total. The number of hydrogen-bond donors (Lipinski definition) is 2. The van der Waals surface area contributed by atoms with Crippen LogP contribution in [0.25, 0.3) is 17.1 Å². The van der Waals surface area contributed by atoms with Gasteiger partial charge in [0.05, 0.1) is 16.6 Å². The number of benzene rings is 2. The van der Waals surface area contributed by atoms with Gasteiger partial charge in [0.15, 0.2) is 5.78 Å². The second-order valence-corrected chi connectivity index (χ2v) is 5.12. The molecule has 0 aliphatic heterocycles. The van der Waals surface area contributed by atoms with Crippen LogP contribution in [-0.2, 0) is 6.18 Å². The molecule has 0 unspecified atom stereocenters. The predicted molar refractivity (Wildman–Crippen MR) is 83.7 cm³/mol. The van der Waals surface area contributed by atoms with Crippen LogP contribution in [0.2, 0.25) is 0 Å². The number of aromatic amines is 2. The first-order valence-electron chi connectivity index (χ1n) is 6.95. The normalized spacial score (nSPS) is 12.1. The summed E-state index contributed by atoms with van der Waals surface area (Å²) in [7, 11) is 0. The minimum absolute atomic E-state index is 0.0884. The van der Waals surface area contributed by atoms with Crippen LogP contribution >= 0.6 is 0 Å². The van der Waals surface area contributed by atoms with E-state index in [1.807, 2.05) is 0 Å². The Kier molecular flexibility index (Phi) is 3.84. The van der Waals surface area contributed by atoms with Gasteiger partial charge in [-0.1, -0.05) is 24.3 Å². The largest absolute Gasteiger partial charge is 0.416 e. The average molecular weight is 332 g/mol. The number of fused-ring (bicyclic) bond motifs is 1. The summed E-state index contributed by atoms with van der Waals surface area (Å²) in [6, 6.07) is 9.52. The maximum atomic E-state index is 12.9. The van der Waals surface area contributed by atoms with Crippen LogP contribution in [0, 0.1) is 0 Å². The molecule has 7 heteroatoms. The van der Waals surface area contributed by atoms with Crippen molar-refractivity contribution in [1.29, 1.82) is 0 Å². The molecule has 2 aromatic carbocycles. The fourth-order valence-electron chi connectivity index (χ4n) is 2.35. The molecule has 24 heavy (non-hydrogen) atoms. The summed E-state index contributed by atoms with van der Waals surface area (Å²) >= 11 is 0. The van der Waals surface area contributed by atoms with Gasteiger partial charge in [0.25, 0.3) is 0 Å². The van der Waals surface area contributed by atoms with Gasteiger partial charge in [0, 0.05) is 5.56 Å². The summed E-state index contributed by atoms with van der Waals surface area (Å²) in [5.74, 6) is -0.462. The summed E-state index contributed by atoms with van der Waals surface area (Å²) in [4.78, 5) is 28.4. The SMILES string of the molecule is O=C(C=Cc1ccccc1C(F)(F)F)c1ccc2[nH]c(=O)[nH]c2c1. The Morgan fingerprint density at radius 3 is 2.46 bits per heavy atom. The lowest BCUT2D eigenvalue weighted by atomic mass is 10.0. The van der Waals surface area contributed by atoms with Crippen molar-refractivity contribution in [2.75, 3.05) is 0 Å². The van der Waals surface area contributed by atoms with Crippen molar-refractivity contribution in [3.05, 3.63) is 75.7 Å². The predicted octanol–water partition coefficient (Wildman–Crippen LogP) is 3.77. The third-order valence-electron chi connectivity index (χ3n) is 3.48. The highest BCUT2D eigenvalue weighted by atomic mass is 19.4. The van der Waals surface area contributed by atoms with E-state index in [0.29, 0.717) is 11.0 Å². The molecule has 0 fully saturated rings. The van der Waals surface area contributed by atoms with E-state index in [-0.39, 0.29) is 11.1 Å². The second kappa shape index (κ2) is 5.84. The van der Waals surface area contributed by atoms with Gasteiger partial charge in [-0.05, 0) is 35.9 Å². The van der Waals surface area contributed by atoms with Crippen molar-refractivity contribution >= 4 is 22.9 Å². The number of halogens is 3. The lowest BCUT2D eigenvalue weighted by Gasteiger charge is -2.09. The van der Waals surface area contributed by atoms with Gasteiger partial charge in [-0.2, -0.15) is 13.2 Å². The second-order valence-electron chi connectivity index (χ2n) is 5.12. The number of hydrogen-bond acceptors (Lipinski definition) is 2. The summed E-state index contributed by atoms with van der Waals surface area (Å²) in [6.07, 6.45) is -2.28. The molecule has 0 spiro atoms. The minimum Gasteiger partial charge on any atom is -0.306 e. The van der Waals surface area contributed by atoms with E-state index in [9.17, 15) is 22.8 Å².